The number of aromatic nitrogens is 1. The molecule has 2 heterocycles. The molecule has 0 saturated carbocycles. The minimum atomic E-state index is -0.529. The van der Waals surface area contributed by atoms with Gasteiger partial charge < -0.3 is 10.0 Å². The molecule has 7 heteroatoms. The SMILES string of the molecule is CC(O)c1ccc2c(c1)sc(=O)n2CCCCN1CCN(c2ccccc2F)CC1. The van der Waals surface area contributed by atoms with Crippen LogP contribution in [0.5, 0.6) is 0 Å². The summed E-state index contributed by atoms with van der Waals surface area (Å²) < 4.78 is 16.7. The van der Waals surface area contributed by atoms with Crippen LogP contribution in [0.2, 0.25) is 0 Å². The summed E-state index contributed by atoms with van der Waals surface area (Å²) in [6.07, 6.45) is 1.44. The van der Waals surface area contributed by atoms with Crippen LogP contribution in [0.25, 0.3) is 10.2 Å². The number of nitrogens with zero attached hydrogens (tertiary/aromatic N) is 3. The van der Waals surface area contributed by atoms with Crippen LogP contribution in [-0.4, -0.2) is 47.3 Å². The number of aliphatic hydroxyl groups excluding tert-OH is 1. The number of halogens is 1. The van der Waals surface area contributed by atoms with Crippen LogP contribution in [0.15, 0.2) is 47.3 Å². The first kappa shape index (κ1) is 21.0. The maximum absolute atomic E-state index is 14.0. The second-order valence-electron chi connectivity index (χ2n) is 7.91. The number of aryl methyl sites for hydroxylation is 1. The molecule has 160 valence electrons. The van der Waals surface area contributed by atoms with Crippen molar-refractivity contribution in [3.63, 3.8) is 0 Å². The number of piperazine rings is 1. The van der Waals surface area contributed by atoms with Gasteiger partial charge in [-0.3, -0.25) is 14.3 Å². The van der Waals surface area contributed by atoms with Crippen molar-refractivity contribution in [3.8, 4) is 0 Å². The van der Waals surface area contributed by atoms with Crippen molar-refractivity contribution in [3.05, 3.63) is 63.5 Å². The van der Waals surface area contributed by atoms with E-state index in [0.717, 1.165) is 61.3 Å². The molecule has 1 aromatic heterocycles. The summed E-state index contributed by atoms with van der Waals surface area (Å²) >= 11 is 1.25. The van der Waals surface area contributed by atoms with Crippen molar-refractivity contribution < 1.29 is 9.50 Å². The Morgan fingerprint density at radius 1 is 1.07 bits per heavy atom. The highest BCUT2D eigenvalue weighted by molar-refractivity contribution is 7.16. The van der Waals surface area contributed by atoms with Gasteiger partial charge in [0, 0.05) is 32.7 Å². The van der Waals surface area contributed by atoms with Crippen LogP contribution >= 0.6 is 11.3 Å². The Bertz CT molecular complexity index is 1050. The number of para-hydroxylation sites is 1. The molecule has 1 unspecified atom stereocenters. The Morgan fingerprint density at radius 3 is 2.53 bits per heavy atom. The van der Waals surface area contributed by atoms with Gasteiger partial charge in [0.1, 0.15) is 5.82 Å². The van der Waals surface area contributed by atoms with E-state index >= 15 is 0 Å². The van der Waals surface area contributed by atoms with Gasteiger partial charge in [-0.2, -0.15) is 0 Å². The molecular weight excluding hydrogens is 401 g/mol. The minimum absolute atomic E-state index is 0.0613. The Morgan fingerprint density at radius 2 is 1.80 bits per heavy atom. The molecule has 5 nitrogen and oxygen atoms in total. The highest BCUT2D eigenvalue weighted by Crippen LogP contribution is 2.23. The molecule has 30 heavy (non-hydrogen) atoms. The molecule has 1 N–H and O–H groups in total. The Kier molecular flexibility index (Phi) is 6.51. The topological polar surface area (TPSA) is 48.7 Å². The zero-order valence-electron chi connectivity index (χ0n) is 17.3. The van der Waals surface area contributed by atoms with Gasteiger partial charge in [0.2, 0.25) is 0 Å². The fourth-order valence-corrected chi connectivity index (χ4v) is 5.05. The lowest BCUT2D eigenvalue weighted by Crippen LogP contribution is -2.46. The molecule has 3 aromatic rings. The Balaban J connectivity index is 1.27. The second-order valence-corrected chi connectivity index (χ2v) is 8.90. The number of aliphatic hydroxyl groups is 1. The molecular formula is C23H28FN3O2S. The molecule has 1 atom stereocenters. The van der Waals surface area contributed by atoms with Crippen molar-refractivity contribution in [2.45, 2.75) is 32.4 Å². The van der Waals surface area contributed by atoms with Gasteiger partial charge in [0.15, 0.2) is 0 Å². The molecule has 1 fully saturated rings. The van der Waals surface area contributed by atoms with E-state index in [1.54, 1.807) is 13.0 Å². The van der Waals surface area contributed by atoms with Crippen molar-refractivity contribution in [1.82, 2.24) is 9.47 Å². The number of hydrogen-bond acceptors (Lipinski definition) is 5. The van der Waals surface area contributed by atoms with Gasteiger partial charge >= 0.3 is 4.87 Å². The van der Waals surface area contributed by atoms with Crippen molar-refractivity contribution >= 4 is 27.2 Å². The maximum atomic E-state index is 14.0. The number of unbranched alkanes of at least 4 members (excludes halogenated alkanes) is 1. The summed E-state index contributed by atoms with van der Waals surface area (Å²) in [5.74, 6) is -0.153. The second kappa shape index (κ2) is 9.29. The van der Waals surface area contributed by atoms with Gasteiger partial charge in [-0.25, -0.2) is 4.39 Å². The smallest absolute Gasteiger partial charge is 0.308 e. The van der Waals surface area contributed by atoms with E-state index in [-0.39, 0.29) is 10.7 Å². The number of rotatable bonds is 7. The fourth-order valence-electron chi connectivity index (χ4n) is 4.08. The summed E-state index contributed by atoms with van der Waals surface area (Å²) in [5, 5.41) is 9.74. The van der Waals surface area contributed by atoms with Crippen LogP contribution in [-0.2, 0) is 6.54 Å². The molecule has 0 aliphatic carbocycles. The lowest BCUT2D eigenvalue weighted by molar-refractivity contribution is 0.199. The van der Waals surface area contributed by atoms with E-state index < -0.39 is 6.10 Å². The van der Waals surface area contributed by atoms with E-state index in [1.165, 1.54) is 17.4 Å². The fraction of sp³-hybridized carbons (Fsp3) is 0.435. The number of benzene rings is 2. The van der Waals surface area contributed by atoms with Crippen LogP contribution in [0, 0.1) is 5.82 Å². The predicted molar refractivity (Wildman–Crippen MR) is 121 cm³/mol. The van der Waals surface area contributed by atoms with Crippen molar-refractivity contribution in [2.75, 3.05) is 37.6 Å². The molecule has 1 aliphatic rings. The Hall–Kier alpha value is -2.22. The number of fused-ring (bicyclic) bond motifs is 1. The number of hydrogen-bond donors (Lipinski definition) is 1. The third kappa shape index (κ3) is 4.58. The van der Waals surface area contributed by atoms with E-state index in [1.807, 2.05) is 34.9 Å². The summed E-state index contributed by atoms with van der Waals surface area (Å²) in [6, 6.07) is 12.7. The monoisotopic (exact) mass is 429 g/mol. The van der Waals surface area contributed by atoms with E-state index in [2.05, 4.69) is 9.80 Å². The Labute approximate surface area is 180 Å². The predicted octanol–water partition coefficient (Wildman–Crippen LogP) is 3.86. The highest BCUT2D eigenvalue weighted by Gasteiger charge is 2.19. The molecule has 0 spiro atoms. The van der Waals surface area contributed by atoms with Gasteiger partial charge in [-0.05, 0) is 56.1 Å². The van der Waals surface area contributed by atoms with Crippen LogP contribution < -0.4 is 9.77 Å². The maximum Gasteiger partial charge on any atom is 0.308 e. The highest BCUT2D eigenvalue weighted by atomic mass is 32.1. The standard InChI is InChI=1S/C23H28FN3O2S/c1-17(28)18-8-9-21-22(16-18)30-23(29)27(21)11-5-4-10-25-12-14-26(15-13-25)20-7-3-2-6-19(20)24/h2-3,6-9,16-17,28H,4-5,10-15H2,1H3. The summed E-state index contributed by atoms with van der Waals surface area (Å²) in [6.45, 7) is 6.96. The van der Waals surface area contributed by atoms with Gasteiger partial charge in [0.05, 0.1) is 22.0 Å². The normalized spacial score (nSPS) is 16.3. The van der Waals surface area contributed by atoms with Crippen LogP contribution in [0.3, 0.4) is 0 Å². The molecule has 4 rings (SSSR count). The third-order valence-electron chi connectivity index (χ3n) is 5.85. The first-order valence-corrected chi connectivity index (χ1v) is 11.4. The molecule has 2 aromatic carbocycles. The molecule has 0 radical (unpaired) electrons. The largest absolute Gasteiger partial charge is 0.389 e. The molecule has 1 saturated heterocycles. The van der Waals surface area contributed by atoms with E-state index in [9.17, 15) is 14.3 Å². The first-order valence-electron chi connectivity index (χ1n) is 10.6. The third-order valence-corrected chi connectivity index (χ3v) is 6.79. The summed E-state index contributed by atoms with van der Waals surface area (Å²) in [5.41, 5.74) is 2.48. The molecule has 0 bridgehead atoms. The van der Waals surface area contributed by atoms with Gasteiger partial charge in [-0.1, -0.05) is 29.5 Å². The van der Waals surface area contributed by atoms with Crippen LogP contribution in [0.1, 0.15) is 31.4 Å². The van der Waals surface area contributed by atoms with Gasteiger partial charge in [-0.15, -0.1) is 0 Å². The van der Waals surface area contributed by atoms with E-state index in [0.29, 0.717) is 12.2 Å². The molecule has 0 amide bonds. The lowest BCUT2D eigenvalue weighted by Gasteiger charge is -2.36. The van der Waals surface area contributed by atoms with Crippen molar-refractivity contribution in [1.29, 1.82) is 0 Å². The van der Waals surface area contributed by atoms with Crippen molar-refractivity contribution in [2.24, 2.45) is 0 Å². The first-order chi connectivity index (χ1) is 14.5. The average molecular weight is 430 g/mol. The summed E-state index contributed by atoms with van der Waals surface area (Å²) in [4.78, 5) is 17.0. The quantitative estimate of drug-likeness (QED) is 0.580. The molecule has 1 aliphatic heterocycles. The van der Waals surface area contributed by atoms with E-state index in [4.69, 9.17) is 0 Å². The zero-order valence-corrected chi connectivity index (χ0v) is 18.1. The van der Waals surface area contributed by atoms with Crippen LogP contribution in [0.4, 0.5) is 10.1 Å². The average Bonchev–Trinajstić information content (AvgIpc) is 3.06. The zero-order chi connectivity index (χ0) is 21.1. The lowest BCUT2D eigenvalue weighted by atomic mass is 10.1. The number of anilines is 1. The van der Waals surface area contributed by atoms with Gasteiger partial charge in [0.25, 0.3) is 0 Å². The summed E-state index contributed by atoms with van der Waals surface area (Å²) in [7, 11) is 0. The number of thiazole rings is 1. The minimum Gasteiger partial charge on any atom is -0.389 e.